The normalized spacial score (nSPS) is 28.8. The van der Waals surface area contributed by atoms with Crippen LogP contribution in [0.2, 0.25) is 0 Å². The zero-order valence-electron chi connectivity index (χ0n) is 18.4. The van der Waals surface area contributed by atoms with E-state index in [0.29, 0.717) is 18.6 Å². The lowest BCUT2D eigenvalue weighted by atomic mass is 9.86. The summed E-state index contributed by atoms with van der Waals surface area (Å²) in [5.41, 5.74) is -0.685. The van der Waals surface area contributed by atoms with Crippen LogP contribution < -0.4 is 0 Å². The molecular formula is C23H42O5. The van der Waals surface area contributed by atoms with E-state index in [0.717, 1.165) is 64.2 Å². The Hall–Kier alpha value is -0.650. The Morgan fingerprint density at radius 2 is 1.32 bits per heavy atom. The van der Waals surface area contributed by atoms with Gasteiger partial charge in [0.15, 0.2) is 0 Å². The highest BCUT2D eigenvalue weighted by molar-refractivity contribution is 5.73. The summed E-state index contributed by atoms with van der Waals surface area (Å²) in [6.45, 7) is 8.04. The van der Waals surface area contributed by atoms with Crippen molar-refractivity contribution in [3.8, 4) is 0 Å². The molecule has 0 bridgehead atoms. The van der Waals surface area contributed by atoms with Gasteiger partial charge in [0.1, 0.15) is 0 Å². The van der Waals surface area contributed by atoms with Crippen molar-refractivity contribution in [2.24, 2.45) is 10.8 Å². The number of hydrogen-bond donors (Lipinski definition) is 2. The van der Waals surface area contributed by atoms with Gasteiger partial charge in [-0.3, -0.25) is 4.79 Å². The molecule has 0 spiro atoms. The summed E-state index contributed by atoms with van der Waals surface area (Å²) < 4.78 is 12.3. The van der Waals surface area contributed by atoms with Crippen LogP contribution >= 0.6 is 0 Å². The molecule has 2 aliphatic rings. The number of aliphatic carboxylic acids is 1. The molecule has 0 aromatic heterocycles. The standard InChI is InChI=1S/C23H42O5/c1-22(2,16-24)14-6-9-19-11-10-17(27-19)7-5-8-18-12-13-20(28-18)15-23(3,4)21(25)26/h17-20,24H,5-16H2,1-4H3,(H,25,26). The predicted octanol–water partition coefficient (Wildman–Crippen LogP) is 4.94. The van der Waals surface area contributed by atoms with Crippen molar-refractivity contribution in [3.63, 3.8) is 0 Å². The fourth-order valence-electron chi connectivity index (χ4n) is 4.46. The van der Waals surface area contributed by atoms with E-state index in [9.17, 15) is 15.0 Å². The quantitative estimate of drug-likeness (QED) is 0.487. The molecule has 2 heterocycles. The van der Waals surface area contributed by atoms with Gasteiger partial charge in [-0.2, -0.15) is 0 Å². The number of carboxylic acids is 1. The summed E-state index contributed by atoms with van der Waals surface area (Å²) in [5.74, 6) is -0.743. The van der Waals surface area contributed by atoms with Crippen LogP contribution in [0.15, 0.2) is 0 Å². The summed E-state index contributed by atoms with van der Waals surface area (Å²) in [5, 5.41) is 18.6. The van der Waals surface area contributed by atoms with Crippen molar-refractivity contribution in [2.45, 2.75) is 123 Å². The first kappa shape index (κ1) is 23.6. The highest BCUT2D eigenvalue weighted by Gasteiger charge is 2.35. The number of rotatable bonds is 12. The second-order valence-corrected chi connectivity index (χ2v) is 10.5. The molecule has 0 aromatic carbocycles. The van der Waals surface area contributed by atoms with Crippen molar-refractivity contribution < 1.29 is 24.5 Å². The SMILES string of the molecule is CC(C)(CO)CCCC1CCC(CCCC2CCC(CC(C)(C)C(=O)O)O2)O1. The molecule has 0 aromatic rings. The Balaban J connectivity index is 1.56. The van der Waals surface area contributed by atoms with Crippen molar-refractivity contribution in [2.75, 3.05) is 6.61 Å². The van der Waals surface area contributed by atoms with Crippen molar-refractivity contribution >= 4 is 5.97 Å². The van der Waals surface area contributed by atoms with Crippen molar-refractivity contribution in [3.05, 3.63) is 0 Å². The minimum Gasteiger partial charge on any atom is -0.481 e. The first-order chi connectivity index (χ1) is 13.1. The van der Waals surface area contributed by atoms with E-state index in [1.54, 1.807) is 13.8 Å². The molecule has 2 rings (SSSR count). The predicted molar refractivity (Wildman–Crippen MR) is 110 cm³/mol. The molecule has 28 heavy (non-hydrogen) atoms. The van der Waals surface area contributed by atoms with Gasteiger partial charge in [0.2, 0.25) is 0 Å². The van der Waals surface area contributed by atoms with Gasteiger partial charge in [0.05, 0.1) is 29.8 Å². The van der Waals surface area contributed by atoms with Gasteiger partial charge >= 0.3 is 5.97 Å². The van der Waals surface area contributed by atoms with Crippen LogP contribution in [0.1, 0.15) is 98.3 Å². The molecule has 2 fully saturated rings. The molecule has 2 aliphatic heterocycles. The number of aliphatic hydroxyl groups is 1. The maximum atomic E-state index is 11.3. The third-order valence-corrected chi connectivity index (χ3v) is 6.57. The maximum Gasteiger partial charge on any atom is 0.309 e. The lowest BCUT2D eigenvalue weighted by Crippen LogP contribution is -2.29. The molecule has 5 nitrogen and oxygen atoms in total. The molecule has 2 saturated heterocycles. The Morgan fingerprint density at radius 1 is 0.857 bits per heavy atom. The zero-order valence-corrected chi connectivity index (χ0v) is 18.4. The molecule has 4 unspecified atom stereocenters. The molecule has 4 atom stereocenters. The van der Waals surface area contributed by atoms with Gasteiger partial charge in [0, 0.05) is 6.61 Å². The summed E-state index contributed by atoms with van der Waals surface area (Å²) >= 11 is 0. The molecule has 0 amide bonds. The summed E-state index contributed by atoms with van der Waals surface area (Å²) in [6, 6.07) is 0. The smallest absolute Gasteiger partial charge is 0.309 e. The highest BCUT2D eigenvalue weighted by Crippen LogP contribution is 2.34. The van der Waals surface area contributed by atoms with Gasteiger partial charge in [-0.05, 0) is 83.5 Å². The van der Waals surface area contributed by atoms with E-state index >= 15 is 0 Å². The third-order valence-electron chi connectivity index (χ3n) is 6.57. The summed E-state index contributed by atoms with van der Waals surface area (Å²) in [6.07, 6.45) is 12.7. The molecule has 5 heteroatoms. The molecule has 0 aliphatic carbocycles. The highest BCUT2D eigenvalue weighted by atomic mass is 16.5. The second-order valence-electron chi connectivity index (χ2n) is 10.5. The fourth-order valence-corrected chi connectivity index (χ4v) is 4.46. The monoisotopic (exact) mass is 398 g/mol. The summed E-state index contributed by atoms with van der Waals surface area (Å²) in [4.78, 5) is 11.3. The van der Waals surface area contributed by atoms with E-state index in [-0.39, 0.29) is 24.2 Å². The molecule has 164 valence electrons. The van der Waals surface area contributed by atoms with Crippen LogP contribution in [-0.2, 0) is 14.3 Å². The average molecular weight is 399 g/mol. The summed E-state index contributed by atoms with van der Waals surface area (Å²) in [7, 11) is 0. The van der Waals surface area contributed by atoms with Gasteiger partial charge < -0.3 is 19.7 Å². The minimum atomic E-state index is -0.743. The van der Waals surface area contributed by atoms with Gasteiger partial charge in [-0.1, -0.05) is 20.3 Å². The molecule has 0 saturated carbocycles. The number of carbonyl (C=O) groups is 1. The van der Waals surface area contributed by atoms with E-state index in [4.69, 9.17) is 9.47 Å². The zero-order chi connectivity index (χ0) is 20.8. The lowest BCUT2D eigenvalue weighted by Gasteiger charge is -2.23. The van der Waals surface area contributed by atoms with Crippen LogP contribution in [0.5, 0.6) is 0 Å². The Morgan fingerprint density at radius 3 is 1.82 bits per heavy atom. The Kier molecular flexibility index (Phi) is 8.78. The fraction of sp³-hybridized carbons (Fsp3) is 0.957. The van der Waals surface area contributed by atoms with Crippen molar-refractivity contribution in [1.82, 2.24) is 0 Å². The second kappa shape index (κ2) is 10.4. The number of carboxylic acid groups (broad SMARTS) is 1. The molecule has 0 radical (unpaired) electrons. The Labute approximate surface area is 171 Å². The molecular weight excluding hydrogens is 356 g/mol. The van der Waals surface area contributed by atoms with Crippen LogP contribution in [0.25, 0.3) is 0 Å². The van der Waals surface area contributed by atoms with E-state index in [2.05, 4.69) is 13.8 Å². The topological polar surface area (TPSA) is 76.0 Å². The number of aliphatic hydroxyl groups excluding tert-OH is 1. The van der Waals surface area contributed by atoms with E-state index in [1.165, 1.54) is 0 Å². The van der Waals surface area contributed by atoms with Gasteiger partial charge in [0.25, 0.3) is 0 Å². The molecule has 2 N–H and O–H groups in total. The largest absolute Gasteiger partial charge is 0.481 e. The number of hydrogen-bond acceptors (Lipinski definition) is 4. The van der Waals surface area contributed by atoms with Crippen LogP contribution in [0, 0.1) is 10.8 Å². The van der Waals surface area contributed by atoms with Gasteiger partial charge in [-0.25, -0.2) is 0 Å². The van der Waals surface area contributed by atoms with Crippen LogP contribution in [0.4, 0.5) is 0 Å². The van der Waals surface area contributed by atoms with Gasteiger partial charge in [-0.15, -0.1) is 0 Å². The first-order valence-corrected chi connectivity index (χ1v) is 11.3. The Bertz CT molecular complexity index is 487. The number of ether oxygens (including phenoxy) is 2. The van der Waals surface area contributed by atoms with Crippen LogP contribution in [-0.4, -0.2) is 47.2 Å². The van der Waals surface area contributed by atoms with E-state index in [1.807, 2.05) is 0 Å². The van der Waals surface area contributed by atoms with Crippen LogP contribution in [0.3, 0.4) is 0 Å². The lowest BCUT2D eigenvalue weighted by molar-refractivity contribution is -0.149. The average Bonchev–Trinajstić information content (AvgIpc) is 3.24. The maximum absolute atomic E-state index is 11.3. The minimum absolute atomic E-state index is 0.0246. The van der Waals surface area contributed by atoms with Crippen molar-refractivity contribution in [1.29, 1.82) is 0 Å². The first-order valence-electron chi connectivity index (χ1n) is 11.3. The third kappa shape index (κ3) is 7.64. The van der Waals surface area contributed by atoms with E-state index < -0.39 is 11.4 Å².